The number of nitro benzene ring substituents is 1. The number of esters is 1. The normalized spacial score (nSPS) is 10.0. The van der Waals surface area contributed by atoms with E-state index in [0.717, 1.165) is 25.7 Å². The van der Waals surface area contributed by atoms with Crippen molar-refractivity contribution in [2.75, 3.05) is 20.3 Å². The molecular formula is C16H22N2O6. The lowest BCUT2D eigenvalue weighted by Crippen LogP contribution is -2.29. The van der Waals surface area contributed by atoms with Crippen LogP contribution in [0.5, 0.6) is 5.75 Å². The molecule has 1 aromatic carbocycles. The minimum Gasteiger partial charge on any atom is -0.477 e. The summed E-state index contributed by atoms with van der Waals surface area (Å²) in [6.45, 7) is 0.227. The van der Waals surface area contributed by atoms with Crippen LogP contribution in [-0.4, -0.2) is 37.1 Å². The molecule has 0 aliphatic carbocycles. The Labute approximate surface area is 140 Å². The quantitative estimate of drug-likeness (QED) is 0.287. The highest BCUT2D eigenvalue weighted by Gasteiger charge is 2.14. The van der Waals surface area contributed by atoms with Crippen LogP contribution in [0, 0.1) is 10.1 Å². The van der Waals surface area contributed by atoms with E-state index in [1.165, 1.54) is 25.3 Å². The largest absolute Gasteiger partial charge is 0.477 e. The van der Waals surface area contributed by atoms with Gasteiger partial charge < -0.3 is 14.8 Å². The fourth-order valence-corrected chi connectivity index (χ4v) is 2.00. The molecule has 0 atom stereocenters. The predicted octanol–water partition coefficient (Wildman–Crippen LogP) is 2.21. The highest BCUT2D eigenvalue weighted by Crippen LogP contribution is 2.25. The van der Waals surface area contributed by atoms with Gasteiger partial charge in [-0.25, -0.2) is 0 Å². The van der Waals surface area contributed by atoms with Gasteiger partial charge in [-0.1, -0.05) is 25.0 Å². The van der Waals surface area contributed by atoms with Crippen LogP contribution in [0.1, 0.15) is 32.1 Å². The molecule has 0 fully saturated rings. The molecule has 1 N–H and O–H groups in total. The number of nitro groups is 1. The Bertz CT molecular complexity index is 561. The second-order valence-electron chi connectivity index (χ2n) is 5.10. The first-order valence-electron chi connectivity index (χ1n) is 7.74. The first kappa shape index (κ1) is 19.4. The second kappa shape index (κ2) is 11.0. The molecule has 0 unspecified atom stereocenters. The molecule has 0 aliphatic rings. The standard InChI is InChI=1S/C16H22N2O6/c1-23-16(20)10-4-2-3-7-11-17-15(19)12-24-14-9-6-5-8-13(14)18(21)22/h5-6,8-9H,2-4,7,10-12H2,1H3,(H,17,19). The van der Waals surface area contributed by atoms with Gasteiger partial charge in [0.2, 0.25) is 0 Å². The average molecular weight is 338 g/mol. The first-order chi connectivity index (χ1) is 11.5. The zero-order chi connectivity index (χ0) is 17.8. The van der Waals surface area contributed by atoms with Crippen LogP contribution in [0.3, 0.4) is 0 Å². The number of methoxy groups -OCH3 is 1. The Hall–Kier alpha value is -2.64. The van der Waals surface area contributed by atoms with Gasteiger partial charge in [0.1, 0.15) is 0 Å². The van der Waals surface area contributed by atoms with E-state index in [9.17, 15) is 19.7 Å². The Morgan fingerprint density at radius 3 is 2.58 bits per heavy atom. The topological polar surface area (TPSA) is 108 Å². The summed E-state index contributed by atoms with van der Waals surface area (Å²) in [5.74, 6) is -0.473. The summed E-state index contributed by atoms with van der Waals surface area (Å²) in [5.41, 5.74) is -0.170. The lowest BCUT2D eigenvalue weighted by Gasteiger charge is -2.07. The molecular weight excluding hydrogens is 316 g/mol. The molecule has 0 spiro atoms. The van der Waals surface area contributed by atoms with Crippen molar-refractivity contribution in [1.82, 2.24) is 5.32 Å². The van der Waals surface area contributed by atoms with Gasteiger partial charge in [0.05, 0.1) is 12.0 Å². The zero-order valence-electron chi connectivity index (χ0n) is 13.7. The smallest absolute Gasteiger partial charge is 0.310 e. The molecule has 0 heterocycles. The maximum absolute atomic E-state index is 11.6. The lowest BCUT2D eigenvalue weighted by atomic mass is 10.1. The molecule has 0 saturated carbocycles. The van der Waals surface area contributed by atoms with Crippen molar-refractivity contribution in [3.63, 3.8) is 0 Å². The van der Waals surface area contributed by atoms with Crippen LogP contribution >= 0.6 is 0 Å². The van der Waals surface area contributed by atoms with Gasteiger partial charge in [-0.05, 0) is 18.9 Å². The Kier molecular flexibility index (Phi) is 8.88. The molecule has 24 heavy (non-hydrogen) atoms. The minimum atomic E-state index is -0.554. The number of rotatable bonds is 11. The number of ether oxygens (including phenoxy) is 2. The Morgan fingerprint density at radius 1 is 1.17 bits per heavy atom. The van der Waals surface area contributed by atoms with Crippen molar-refractivity contribution in [3.8, 4) is 5.75 Å². The van der Waals surface area contributed by atoms with Gasteiger partial charge in [0.25, 0.3) is 5.91 Å². The van der Waals surface area contributed by atoms with E-state index < -0.39 is 4.92 Å². The van der Waals surface area contributed by atoms with E-state index in [-0.39, 0.29) is 29.9 Å². The maximum atomic E-state index is 11.6. The van der Waals surface area contributed by atoms with Crippen molar-refractivity contribution in [3.05, 3.63) is 34.4 Å². The summed E-state index contributed by atoms with van der Waals surface area (Å²) >= 11 is 0. The van der Waals surface area contributed by atoms with E-state index >= 15 is 0 Å². The van der Waals surface area contributed by atoms with E-state index in [1.54, 1.807) is 6.07 Å². The fourth-order valence-electron chi connectivity index (χ4n) is 2.00. The van der Waals surface area contributed by atoms with Gasteiger partial charge in [-0.2, -0.15) is 0 Å². The van der Waals surface area contributed by atoms with Crippen LogP contribution in [0.4, 0.5) is 5.69 Å². The molecule has 0 aliphatic heterocycles. The number of hydrogen-bond donors (Lipinski definition) is 1. The first-order valence-corrected chi connectivity index (χ1v) is 7.74. The van der Waals surface area contributed by atoms with Crippen molar-refractivity contribution in [2.24, 2.45) is 0 Å². The molecule has 132 valence electrons. The number of para-hydroxylation sites is 2. The summed E-state index contributed by atoms with van der Waals surface area (Å²) in [6, 6.07) is 5.91. The van der Waals surface area contributed by atoms with Gasteiger partial charge in [-0.3, -0.25) is 19.7 Å². The second-order valence-corrected chi connectivity index (χ2v) is 5.10. The third-order valence-corrected chi connectivity index (χ3v) is 3.28. The summed E-state index contributed by atoms with van der Waals surface area (Å²) in [4.78, 5) is 32.8. The van der Waals surface area contributed by atoms with Gasteiger partial charge in [-0.15, -0.1) is 0 Å². The summed E-state index contributed by atoms with van der Waals surface area (Å²) in [5, 5.41) is 13.5. The van der Waals surface area contributed by atoms with Gasteiger partial charge in [0, 0.05) is 19.0 Å². The van der Waals surface area contributed by atoms with E-state index in [0.29, 0.717) is 13.0 Å². The minimum absolute atomic E-state index is 0.0699. The van der Waals surface area contributed by atoms with Crippen LogP contribution in [0.2, 0.25) is 0 Å². The van der Waals surface area contributed by atoms with Crippen molar-refractivity contribution >= 4 is 17.6 Å². The third kappa shape index (κ3) is 7.57. The molecule has 1 aromatic rings. The fraction of sp³-hybridized carbons (Fsp3) is 0.500. The van der Waals surface area contributed by atoms with E-state index in [2.05, 4.69) is 10.1 Å². The third-order valence-electron chi connectivity index (χ3n) is 3.28. The Morgan fingerprint density at radius 2 is 1.88 bits per heavy atom. The van der Waals surface area contributed by atoms with Gasteiger partial charge >= 0.3 is 11.7 Å². The summed E-state index contributed by atoms with van der Waals surface area (Å²) in [6.07, 6.45) is 3.74. The van der Waals surface area contributed by atoms with E-state index in [4.69, 9.17) is 4.74 Å². The molecule has 1 rings (SSSR count). The summed E-state index contributed by atoms with van der Waals surface area (Å²) in [7, 11) is 1.37. The molecule has 0 radical (unpaired) electrons. The van der Waals surface area contributed by atoms with Crippen molar-refractivity contribution in [2.45, 2.75) is 32.1 Å². The SMILES string of the molecule is COC(=O)CCCCCCNC(=O)COc1ccccc1[N+](=O)[O-]. The van der Waals surface area contributed by atoms with E-state index in [1.807, 2.05) is 0 Å². The number of nitrogens with zero attached hydrogens (tertiary/aromatic N) is 1. The number of nitrogens with one attached hydrogen (secondary N) is 1. The van der Waals surface area contributed by atoms with Crippen LogP contribution < -0.4 is 10.1 Å². The molecule has 1 amide bonds. The number of hydrogen-bond acceptors (Lipinski definition) is 6. The molecule has 0 saturated heterocycles. The van der Waals surface area contributed by atoms with Crippen LogP contribution in [0.15, 0.2) is 24.3 Å². The predicted molar refractivity (Wildman–Crippen MR) is 86.7 cm³/mol. The number of benzene rings is 1. The van der Waals surface area contributed by atoms with Crippen molar-refractivity contribution in [1.29, 1.82) is 0 Å². The van der Waals surface area contributed by atoms with Crippen molar-refractivity contribution < 1.29 is 24.0 Å². The molecule has 8 heteroatoms. The highest BCUT2D eigenvalue weighted by atomic mass is 16.6. The lowest BCUT2D eigenvalue weighted by molar-refractivity contribution is -0.385. The average Bonchev–Trinajstić information content (AvgIpc) is 2.58. The molecule has 8 nitrogen and oxygen atoms in total. The molecule has 0 bridgehead atoms. The Balaban J connectivity index is 2.15. The molecule has 0 aromatic heterocycles. The zero-order valence-corrected chi connectivity index (χ0v) is 13.7. The maximum Gasteiger partial charge on any atom is 0.310 e. The number of carbonyl (C=O) groups excluding carboxylic acids is 2. The van der Waals surface area contributed by atoms with Gasteiger partial charge in [0.15, 0.2) is 12.4 Å². The van der Waals surface area contributed by atoms with Crippen LogP contribution in [-0.2, 0) is 14.3 Å². The number of amides is 1. The van der Waals surface area contributed by atoms with Crippen LogP contribution in [0.25, 0.3) is 0 Å². The summed E-state index contributed by atoms with van der Waals surface area (Å²) < 4.78 is 9.73. The number of unbranched alkanes of at least 4 members (excludes halogenated alkanes) is 3. The highest BCUT2D eigenvalue weighted by molar-refractivity contribution is 5.77. The monoisotopic (exact) mass is 338 g/mol. The number of carbonyl (C=O) groups is 2.